The summed E-state index contributed by atoms with van der Waals surface area (Å²) in [7, 11) is 0. The molecule has 0 aliphatic heterocycles. The monoisotopic (exact) mass is 327 g/mol. The largest absolute Gasteiger partial charge is 0.457 e. The Bertz CT molecular complexity index is 852. The summed E-state index contributed by atoms with van der Waals surface area (Å²) >= 11 is 3.42. The molecule has 4 rings (SSSR count). The fourth-order valence-corrected chi connectivity index (χ4v) is 2.93. The molecule has 0 N–H and O–H groups in total. The van der Waals surface area contributed by atoms with Crippen molar-refractivity contribution in [2.24, 2.45) is 0 Å². The zero-order valence-electron chi connectivity index (χ0n) is 10.5. The number of furan rings is 1. The molecule has 0 bridgehead atoms. The summed E-state index contributed by atoms with van der Waals surface area (Å²) in [6, 6.07) is 10.2. The molecule has 1 fully saturated rings. The van der Waals surface area contributed by atoms with E-state index in [1.54, 1.807) is 6.26 Å². The first kappa shape index (κ1) is 11.7. The smallest absolute Gasteiger partial charge is 0.179 e. The predicted molar refractivity (Wildman–Crippen MR) is 78.1 cm³/mol. The molecule has 0 saturated heterocycles. The Morgan fingerprint density at radius 1 is 1.35 bits per heavy atom. The van der Waals surface area contributed by atoms with Gasteiger partial charge in [0, 0.05) is 6.04 Å². The Hall–Kier alpha value is -2.06. The van der Waals surface area contributed by atoms with Gasteiger partial charge in [0.15, 0.2) is 4.67 Å². The van der Waals surface area contributed by atoms with Crippen LogP contribution < -0.4 is 0 Å². The van der Waals surface area contributed by atoms with Crippen LogP contribution in [0.2, 0.25) is 0 Å². The molecule has 1 aliphatic rings. The van der Waals surface area contributed by atoms with Crippen molar-refractivity contribution in [1.82, 2.24) is 9.55 Å². The molecule has 0 radical (unpaired) electrons. The van der Waals surface area contributed by atoms with E-state index < -0.39 is 0 Å². The molecule has 20 heavy (non-hydrogen) atoms. The van der Waals surface area contributed by atoms with Crippen LogP contribution in [0.5, 0.6) is 0 Å². The van der Waals surface area contributed by atoms with Gasteiger partial charge in [0.1, 0.15) is 5.82 Å². The molecule has 1 aromatic carbocycles. The number of nitrogens with zero attached hydrogens (tertiary/aromatic N) is 3. The summed E-state index contributed by atoms with van der Waals surface area (Å²) in [5.41, 5.74) is 3.52. The zero-order valence-corrected chi connectivity index (χ0v) is 12.1. The number of fused-ring (bicyclic) bond motifs is 1. The third kappa shape index (κ3) is 1.69. The topological polar surface area (TPSA) is 54.8 Å². The van der Waals surface area contributed by atoms with Crippen molar-refractivity contribution in [2.45, 2.75) is 18.9 Å². The number of hydrogen-bond donors (Lipinski definition) is 0. The highest BCUT2D eigenvalue weighted by Gasteiger charge is 2.29. The first-order valence-corrected chi connectivity index (χ1v) is 7.22. The molecular weight excluding hydrogens is 318 g/mol. The highest BCUT2D eigenvalue weighted by atomic mass is 79.9. The van der Waals surface area contributed by atoms with Crippen LogP contribution in [0.4, 0.5) is 0 Å². The van der Waals surface area contributed by atoms with E-state index in [9.17, 15) is 0 Å². The van der Waals surface area contributed by atoms with E-state index in [4.69, 9.17) is 14.7 Å². The van der Waals surface area contributed by atoms with Crippen molar-refractivity contribution in [1.29, 1.82) is 5.26 Å². The maximum absolute atomic E-state index is 9.02. The number of benzene rings is 1. The summed E-state index contributed by atoms with van der Waals surface area (Å²) in [5, 5.41) is 9.02. The molecule has 1 saturated carbocycles. The molecule has 2 aromatic heterocycles. The average molecular weight is 328 g/mol. The Labute approximate surface area is 123 Å². The number of nitriles is 1. The van der Waals surface area contributed by atoms with Gasteiger partial charge in [0.25, 0.3) is 0 Å². The third-order valence-corrected chi connectivity index (χ3v) is 4.20. The van der Waals surface area contributed by atoms with E-state index in [1.165, 1.54) is 12.8 Å². The second kappa shape index (κ2) is 4.22. The van der Waals surface area contributed by atoms with Crippen molar-refractivity contribution >= 4 is 27.0 Å². The van der Waals surface area contributed by atoms with Crippen LogP contribution in [-0.4, -0.2) is 9.55 Å². The molecule has 0 spiro atoms. The minimum atomic E-state index is 0.504. The van der Waals surface area contributed by atoms with E-state index in [1.807, 2.05) is 24.3 Å². The van der Waals surface area contributed by atoms with E-state index in [-0.39, 0.29) is 0 Å². The molecule has 5 heteroatoms. The standard InChI is InChI=1S/C15H10BrN3O/c16-14-11(5-6-20-14)15-18-12-7-9(8-17)1-4-13(12)19(15)10-2-3-10/h1,4-7,10H,2-3H2. The fourth-order valence-electron chi connectivity index (χ4n) is 2.51. The lowest BCUT2D eigenvalue weighted by Gasteiger charge is -2.06. The van der Waals surface area contributed by atoms with Crippen LogP contribution in [0.3, 0.4) is 0 Å². The normalized spacial score (nSPS) is 14.6. The van der Waals surface area contributed by atoms with Crippen molar-refractivity contribution in [3.63, 3.8) is 0 Å². The van der Waals surface area contributed by atoms with Gasteiger partial charge in [0.2, 0.25) is 0 Å². The molecule has 1 aliphatic carbocycles. The first-order valence-electron chi connectivity index (χ1n) is 6.43. The summed E-state index contributed by atoms with van der Waals surface area (Å²) in [6.45, 7) is 0. The molecule has 2 heterocycles. The Morgan fingerprint density at radius 3 is 2.85 bits per heavy atom. The lowest BCUT2D eigenvalue weighted by atomic mass is 10.2. The van der Waals surface area contributed by atoms with E-state index in [2.05, 4.69) is 26.6 Å². The van der Waals surface area contributed by atoms with Gasteiger partial charge in [0.05, 0.1) is 34.5 Å². The van der Waals surface area contributed by atoms with Crippen LogP contribution in [0.15, 0.2) is 39.6 Å². The number of halogens is 1. The third-order valence-electron chi connectivity index (χ3n) is 3.59. The van der Waals surface area contributed by atoms with Crippen LogP contribution in [0, 0.1) is 11.3 Å². The minimum absolute atomic E-state index is 0.504. The molecule has 0 atom stereocenters. The van der Waals surface area contributed by atoms with Crippen LogP contribution in [0.25, 0.3) is 22.4 Å². The van der Waals surface area contributed by atoms with Crippen molar-refractivity contribution < 1.29 is 4.42 Å². The van der Waals surface area contributed by atoms with Crippen LogP contribution in [0.1, 0.15) is 24.4 Å². The number of hydrogen-bond acceptors (Lipinski definition) is 3. The van der Waals surface area contributed by atoms with E-state index >= 15 is 0 Å². The molecule has 98 valence electrons. The van der Waals surface area contributed by atoms with E-state index in [0.29, 0.717) is 16.3 Å². The van der Waals surface area contributed by atoms with Gasteiger partial charge in [-0.1, -0.05) is 0 Å². The Balaban J connectivity index is 2.03. The van der Waals surface area contributed by atoms with Crippen LogP contribution >= 0.6 is 15.9 Å². The number of rotatable bonds is 2. The summed E-state index contributed by atoms with van der Waals surface area (Å²) in [4.78, 5) is 4.71. The van der Waals surface area contributed by atoms with Gasteiger partial charge in [-0.15, -0.1) is 0 Å². The quantitative estimate of drug-likeness (QED) is 0.706. The predicted octanol–water partition coefficient (Wildman–Crippen LogP) is 4.27. The summed E-state index contributed by atoms with van der Waals surface area (Å²) in [5.74, 6) is 0.901. The molecule has 0 unspecified atom stereocenters. The SMILES string of the molecule is N#Cc1ccc2c(c1)nc(-c1ccoc1Br)n2C1CC1. The molecule has 4 nitrogen and oxygen atoms in total. The maximum atomic E-state index is 9.02. The zero-order chi connectivity index (χ0) is 13.7. The number of aromatic nitrogens is 2. The Kier molecular flexibility index (Phi) is 2.48. The van der Waals surface area contributed by atoms with Crippen LogP contribution in [-0.2, 0) is 0 Å². The van der Waals surface area contributed by atoms with Gasteiger partial charge in [-0.05, 0) is 53.0 Å². The second-order valence-corrected chi connectivity index (χ2v) is 5.68. The van der Waals surface area contributed by atoms with Gasteiger partial charge in [-0.2, -0.15) is 5.26 Å². The Morgan fingerprint density at radius 2 is 2.20 bits per heavy atom. The van der Waals surface area contributed by atoms with Gasteiger partial charge < -0.3 is 8.98 Å². The lowest BCUT2D eigenvalue weighted by Crippen LogP contribution is -1.96. The molecule has 0 amide bonds. The fraction of sp³-hybridized carbons (Fsp3) is 0.200. The molecular formula is C15H10BrN3O. The maximum Gasteiger partial charge on any atom is 0.179 e. The van der Waals surface area contributed by atoms with E-state index in [0.717, 1.165) is 22.4 Å². The lowest BCUT2D eigenvalue weighted by molar-refractivity contribution is 0.541. The first-order chi connectivity index (χ1) is 9.78. The van der Waals surface area contributed by atoms with Gasteiger partial charge >= 0.3 is 0 Å². The van der Waals surface area contributed by atoms with Gasteiger partial charge in [-0.3, -0.25) is 0 Å². The van der Waals surface area contributed by atoms with Crippen molar-refractivity contribution in [3.05, 3.63) is 40.8 Å². The van der Waals surface area contributed by atoms with Gasteiger partial charge in [-0.25, -0.2) is 4.98 Å². The summed E-state index contributed by atoms with van der Waals surface area (Å²) in [6.07, 6.45) is 4.00. The van der Waals surface area contributed by atoms with Crippen molar-refractivity contribution in [2.75, 3.05) is 0 Å². The summed E-state index contributed by atoms with van der Waals surface area (Å²) < 4.78 is 8.27. The molecule has 3 aromatic rings. The number of imidazole rings is 1. The second-order valence-electron chi connectivity index (χ2n) is 4.96. The van der Waals surface area contributed by atoms with Crippen molar-refractivity contribution in [3.8, 4) is 17.5 Å². The minimum Gasteiger partial charge on any atom is -0.457 e. The average Bonchev–Trinajstić information content (AvgIpc) is 3.10. The highest BCUT2D eigenvalue weighted by molar-refractivity contribution is 9.10. The highest BCUT2D eigenvalue weighted by Crippen LogP contribution is 2.42.